The van der Waals surface area contributed by atoms with E-state index >= 15 is 0 Å². The monoisotopic (exact) mass is 309 g/mol. The average molecular weight is 310 g/mol. The topological polar surface area (TPSA) is 29.1 Å². The fourth-order valence-electron chi connectivity index (χ4n) is 2.02. The molecule has 0 aliphatic rings. The van der Waals surface area contributed by atoms with Gasteiger partial charge in [0.2, 0.25) is 0 Å². The van der Waals surface area contributed by atoms with Gasteiger partial charge in [-0.25, -0.2) is 8.78 Å². The maximum absolute atomic E-state index is 13.5. The van der Waals surface area contributed by atoms with Crippen LogP contribution in [0.3, 0.4) is 0 Å². The minimum Gasteiger partial charge on any atom is -0.348 e. The Morgan fingerprint density at radius 2 is 1.67 bits per heavy atom. The van der Waals surface area contributed by atoms with Crippen LogP contribution in [0.15, 0.2) is 48.5 Å². The molecule has 5 heteroatoms. The van der Waals surface area contributed by atoms with Gasteiger partial charge in [-0.3, -0.25) is 4.79 Å². The molecule has 0 saturated carbocycles. The quantitative estimate of drug-likeness (QED) is 0.841. The van der Waals surface area contributed by atoms with Gasteiger partial charge in [0.05, 0.1) is 0 Å². The SMILES string of the molecule is O=C(NC(CCl)Cc1ccccc1)c1c(F)cccc1F. The van der Waals surface area contributed by atoms with E-state index in [2.05, 4.69) is 5.32 Å². The lowest BCUT2D eigenvalue weighted by Gasteiger charge is -2.16. The van der Waals surface area contributed by atoms with Crippen LogP contribution in [0.25, 0.3) is 0 Å². The zero-order valence-electron chi connectivity index (χ0n) is 11.2. The maximum atomic E-state index is 13.5. The van der Waals surface area contributed by atoms with Crippen LogP contribution < -0.4 is 5.32 Å². The molecule has 0 bridgehead atoms. The summed E-state index contributed by atoms with van der Waals surface area (Å²) in [5.41, 5.74) is 0.401. The number of carbonyl (C=O) groups excluding carboxylic acids is 1. The standard InChI is InChI=1S/C16H14ClF2NO/c17-10-12(9-11-5-2-1-3-6-11)20-16(21)15-13(18)7-4-8-14(15)19/h1-8,12H,9-10H2,(H,20,21). The third-order valence-electron chi connectivity index (χ3n) is 3.04. The Hall–Kier alpha value is -1.94. The van der Waals surface area contributed by atoms with Gasteiger partial charge in [-0.15, -0.1) is 11.6 Å². The van der Waals surface area contributed by atoms with E-state index in [9.17, 15) is 13.6 Å². The first-order valence-electron chi connectivity index (χ1n) is 6.46. The van der Waals surface area contributed by atoms with E-state index in [4.69, 9.17) is 11.6 Å². The van der Waals surface area contributed by atoms with Crippen molar-refractivity contribution in [2.45, 2.75) is 12.5 Å². The summed E-state index contributed by atoms with van der Waals surface area (Å²) in [7, 11) is 0. The molecule has 2 nitrogen and oxygen atoms in total. The molecule has 0 heterocycles. The average Bonchev–Trinajstić information content (AvgIpc) is 2.47. The molecule has 2 rings (SSSR count). The van der Waals surface area contributed by atoms with Gasteiger partial charge in [0.1, 0.15) is 17.2 Å². The first-order valence-corrected chi connectivity index (χ1v) is 7.00. The van der Waals surface area contributed by atoms with Crippen LogP contribution in [-0.2, 0) is 6.42 Å². The molecule has 0 aromatic heterocycles. The lowest BCUT2D eigenvalue weighted by atomic mass is 10.1. The zero-order chi connectivity index (χ0) is 15.2. The Morgan fingerprint density at radius 1 is 1.05 bits per heavy atom. The number of rotatable bonds is 5. The molecule has 0 aliphatic carbocycles. The van der Waals surface area contributed by atoms with Gasteiger partial charge in [-0.1, -0.05) is 36.4 Å². The van der Waals surface area contributed by atoms with Crippen LogP contribution >= 0.6 is 11.6 Å². The van der Waals surface area contributed by atoms with Crippen molar-refractivity contribution in [1.29, 1.82) is 0 Å². The Kier molecular flexibility index (Phi) is 5.28. The third kappa shape index (κ3) is 4.02. The molecule has 0 spiro atoms. The van der Waals surface area contributed by atoms with Crippen LogP contribution in [-0.4, -0.2) is 17.8 Å². The van der Waals surface area contributed by atoms with E-state index in [0.717, 1.165) is 17.7 Å². The fourth-order valence-corrected chi connectivity index (χ4v) is 2.20. The Balaban J connectivity index is 2.10. The molecular formula is C16H14ClF2NO. The summed E-state index contributed by atoms with van der Waals surface area (Å²) in [6, 6.07) is 12.3. The summed E-state index contributed by atoms with van der Waals surface area (Å²) >= 11 is 5.83. The molecule has 0 fully saturated rings. The van der Waals surface area contributed by atoms with Crippen molar-refractivity contribution >= 4 is 17.5 Å². The van der Waals surface area contributed by atoms with Crippen LogP contribution in [0.5, 0.6) is 0 Å². The second kappa shape index (κ2) is 7.18. The zero-order valence-corrected chi connectivity index (χ0v) is 11.9. The molecule has 2 aromatic rings. The highest BCUT2D eigenvalue weighted by molar-refractivity contribution is 6.18. The van der Waals surface area contributed by atoms with Crippen LogP contribution in [0.4, 0.5) is 8.78 Å². The summed E-state index contributed by atoms with van der Waals surface area (Å²) in [6.45, 7) is 0. The number of benzene rings is 2. The number of halogens is 3. The molecular weight excluding hydrogens is 296 g/mol. The van der Waals surface area contributed by atoms with Crippen molar-refractivity contribution < 1.29 is 13.6 Å². The maximum Gasteiger partial charge on any atom is 0.257 e. The van der Waals surface area contributed by atoms with E-state index < -0.39 is 29.1 Å². The van der Waals surface area contributed by atoms with E-state index in [0.29, 0.717) is 6.42 Å². The minimum absolute atomic E-state index is 0.150. The van der Waals surface area contributed by atoms with Crippen molar-refractivity contribution in [1.82, 2.24) is 5.32 Å². The molecule has 1 amide bonds. The van der Waals surface area contributed by atoms with Gasteiger partial charge in [0, 0.05) is 11.9 Å². The van der Waals surface area contributed by atoms with E-state index in [1.54, 1.807) is 0 Å². The van der Waals surface area contributed by atoms with Crippen molar-refractivity contribution in [3.8, 4) is 0 Å². The lowest BCUT2D eigenvalue weighted by Crippen LogP contribution is -2.38. The summed E-state index contributed by atoms with van der Waals surface area (Å²) in [5, 5.41) is 2.56. The van der Waals surface area contributed by atoms with Crippen LogP contribution in [0, 0.1) is 11.6 Å². The van der Waals surface area contributed by atoms with Crippen molar-refractivity contribution in [2.75, 3.05) is 5.88 Å². The van der Waals surface area contributed by atoms with Gasteiger partial charge >= 0.3 is 0 Å². The first-order chi connectivity index (χ1) is 10.1. The number of amides is 1. The van der Waals surface area contributed by atoms with E-state index in [-0.39, 0.29) is 5.88 Å². The van der Waals surface area contributed by atoms with Gasteiger partial charge < -0.3 is 5.32 Å². The lowest BCUT2D eigenvalue weighted by molar-refractivity contribution is 0.0932. The molecule has 1 unspecified atom stereocenters. The molecule has 21 heavy (non-hydrogen) atoms. The summed E-state index contributed by atoms with van der Waals surface area (Å²) < 4.78 is 27.1. The minimum atomic E-state index is -0.888. The number of hydrogen-bond donors (Lipinski definition) is 1. The van der Waals surface area contributed by atoms with Crippen molar-refractivity contribution in [2.24, 2.45) is 0 Å². The number of nitrogens with one attached hydrogen (secondary N) is 1. The first kappa shape index (κ1) is 15.4. The van der Waals surface area contributed by atoms with Gasteiger partial charge in [-0.2, -0.15) is 0 Å². The van der Waals surface area contributed by atoms with Crippen LogP contribution in [0.2, 0.25) is 0 Å². The highest BCUT2D eigenvalue weighted by Crippen LogP contribution is 2.13. The third-order valence-corrected chi connectivity index (χ3v) is 3.41. The van der Waals surface area contributed by atoms with Gasteiger partial charge in [-0.05, 0) is 24.1 Å². The molecule has 1 atom stereocenters. The largest absolute Gasteiger partial charge is 0.348 e. The van der Waals surface area contributed by atoms with Gasteiger partial charge in [0.25, 0.3) is 5.91 Å². The number of carbonyl (C=O) groups is 1. The Labute approximate surface area is 126 Å². The number of alkyl halides is 1. The molecule has 0 saturated heterocycles. The second-order valence-electron chi connectivity index (χ2n) is 4.61. The van der Waals surface area contributed by atoms with Crippen molar-refractivity contribution in [3.63, 3.8) is 0 Å². The normalized spacial score (nSPS) is 12.0. The number of hydrogen-bond acceptors (Lipinski definition) is 1. The van der Waals surface area contributed by atoms with E-state index in [1.807, 2.05) is 30.3 Å². The molecule has 0 aliphatic heterocycles. The predicted octanol–water partition coefficient (Wildman–Crippen LogP) is 3.54. The molecule has 1 N–H and O–H groups in total. The second-order valence-corrected chi connectivity index (χ2v) is 4.92. The summed E-state index contributed by atoms with van der Waals surface area (Å²) in [6.07, 6.45) is 0.492. The Morgan fingerprint density at radius 3 is 2.24 bits per heavy atom. The molecule has 110 valence electrons. The molecule has 2 aromatic carbocycles. The summed E-state index contributed by atoms with van der Waals surface area (Å²) in [5.74, 6) is -2.43. The van der Waals surface area contributed by atoms with Crippen molar-refractivity contribution in [3.05, 3.63) is 71.3 Å². The predicted molar refractivity (Wildman–Crippen MR) is 78.5 cm³/mol. The highest BCUT2D eigenvalue weighted by Gasteiger charge is 2.20. The van der Waals surface area contributed by atoms with E-state index in [1.165, 1.54) is 6.07 Å². The van der Waals surface area contributed by atoms with Crippen LogP contribution in [0.1, 0.15) is 15.9 Å². The molecule has 0 radical (unpaired) electrons. The smallest absolute Gasteiger partial charge is 0.257 e. The summed E-state index contributed by atoms with van der Waals surface area (Å²) in [4.78, 5) is 12.0. The highest BCUT2D eigenvalue weighted by atomic mass is 35.5. The fraction of sp³-hybridized carbons (Fsp3) is 0.188. The Bertz CT molecular complexity index is 599. The van der Waals surface area contributed by atoms with Gasteiger partial charge in [0.15, 0.2) is 0 Å².